The molecule has 0 radical (unpaired) electrons. The van der Waals surface area contributed by atoms with Crippen molar-refractivity contribution in [3.05, 3.63) is 0 Å². The van der Waals surface area contributed by atoms with E-state index >= 15 is 0 Å². The number of oxime groups is 1. The molecule has 0 saturated heterocycles. The van der Waals surface area contributed by atoms with Crippen LogP contribution in [-0.2, 0) is 10.2 Å². The minimum absolute atomic E-state index is 0.125. The van der Waals surface area contributed by atoms with Gasteiger partial charge in [-0.1, -0.05) is 19.0 Å². The zero-order valence-corrected chi connectivity index (χ0v) is 10.7. The van der Waals surface area contributed by atoms with Crippen molar-refractivity contribution in [2.75, 3.05) is 0 Å². The number of hydrogen-bond acceptors (Lipinski definition) is 4. The van der Waals surface area contributed by atoms with E-state index in [2.05, 4.69) is 14.6 Å². The number of nitrogens with zero attached hydrogens (tertiary/aromatic N) is 1. The summed E-state index contributed by atoms with van der Waals surface area (Å²) in [5.74, 6) is -0.288. The van der Waals surface area contributed by atoms with Crippen molar-refractivity contribution in [2.24, 2.45) is 16.8 Å². The first kappa shape index (κ1) is 15.1. The molecule has 0 aromatic heterocycles. The van der Waals surface area contributed by atoms with Gasteiger partial charge in [-0.3, -0.25) is 0 Å². The fourth-order valence-electron chi connectivity index (χ4n) is 1.11. The minimum atomic E-state index is -3.65. The molecule has 5 N–H and O–H groups in total. The van der Waals surface area contributed by atoms with Crippen molar-refractivity contribution in [3.8, 4) is 0 Å². The van der Waals surface area contributed by atoms with Crippen molar-refractivity contribution in [2.45, 2.75) is 39.8 Å². The maximum Gasteiger partial charge on any atom is 0.277 e. The highest BCUT2D eigenvalue weighted by molar-refractivity contribution is 7.87. The molecule has 16 heavy (non-hydrogen) atoms. The Labute approximate surface area is 96.3 Å². The van der Waals surface area contributed by atoms with Gasteiger partial charge in [0.2, 0.25) is 0 Å². The smallest absolute Gasteiger partial charge is 0.277 e. The molecule has 7 nitrogen and oxygen atoms in total. The van der Waals surface area contributed by atoms with E-state index in [-0.39, 0.29) is 17.8 Å². The highest BCUT2D eigenvalue weighted by atomic mass is 32.2. The molecule has 0 aliphatic carbocycles. The number of hydrogen-bond donors (Lipinski definition) is 4. The summed E-state index contributed by atoms with van der Waals surface area (Å²) >= 11 is 0. The molecule has 1 unspecified atom stereocenters. The predicted octanol–water partition coefficient (Wildman–Crippen LogP) is -0.410. The summed E-state index contributed by atoms with van der Waals surface area (Å²) in [4.78, 5) is 0. The summed E-state index contributed by atoms with van der Waals surface area (Å²) in [6.45, 7) is 6.93. The second kappa shape index (κ2) is 6.02. The van der Waals surface area contributed by atoms with Crippen molar-refractivity contribution < 1.29 is 13.6 Å². The standard InChI is InChI=1S/C8H20N4O3S/c1-5(2)7(8(9)10-13)12-16(14,15)11-6(3)4/h5-7,11-13H,1-4H3,(H2,9,10). The van der Waals surface area contributed by atoms with E-state index in [0.29, 0.717) is 0 Å². The van der Waals surface area contributed by atoms with Crippen LogP contribution in [0.4, 0.5) is 0 Å². The van der Waals surface area contributed by atoms with Crippen LogP contribution in [0.2, 0.25) is 0 Å². The lowest BCUT2D eigenvalue weighted by Gasteiger charge is -2.21. The third-order valence-corrected chi connectivity index (χ3v) is 3.12. The molecule has 0 aromatic carbocycles. The van der Waals surface area contributed by atoms with E-state index in [9.17, 15) is 8.42 Å². The highest BCUT2D eigenvalue weighted by Gasteiger charge is 2.24. The van der Waals surface area contributed by atoms with Gasteiger partial charge in [0.05, 0.1) is 6.04 Å². The summed E-state index contributed by atoms with van der Waals surface area (Å²) in [6, 6.07) is -0.959. The fraction of sp³-hybridized carbons (Fsp3) is 0.875. The van der Waals surface area contributed by atoms with Crippen LogP contribution in [0.15, 0.2) is 5.16 Å². The molecule has 0 spiro atoms. The quantitative estimate of drug-likeness (QED) is 0.222. The number of amidine groups is 1. The molecule has 96 valence electrons. The van der Waals surface area contributed by atoms with Gasteiger partial charge in [0.15, 0.2) is 5.84 Å². The molecule has 0 saturated carbocycles. The largest absolute Gasteiger partial charge is 0.409 e. The summed E-state index contributed by atoms with van der Waals surface area (Å²) in [5.41, 5.74) is 5.40. The molecule has 0 fully saturated rings. The van der Waals surface area contributed by atoms with Crippen molar-refractivity contribution in [1.29, 1.82) is 0 Å². The Kier molecular flexibility index (Phi) is 5.70. The summed E-state index contributed by atoms with van der Waals surface area (Å²) in [5, 5.41) is 11.4. The average molecular weight is 252 g/mol. The molecule has 1 atom stereocenters. The molecule has 8 heteroatoms. The van der Waals surface area contributed by atoms with E-state index in [1.54, 1.807) is 27.7 Å². The van der Waals surface area contributed by atoms with Gasteiger partial charge in [-0.2, -0.15) is 17.9 Å². The Balaban J connectivity index is 4.77. The Bertz CT molecular complexity index is 337. The van der Waals surface area contributed by atoms with Crippen LogP contribution in [0.25, 0.3) is 0 Å². The number of nitrogens with one attached hydrogen (secondary N) is 2. The Morgan fingerprint density at radius 3 is 2.06 bits per heavy atom. The van der Waals surface area contributed by atoms with Crippen LogP contribution in [0.5, 0.6) is 0 Å². The topological polar surface area (TPSA) is 117 Å². The van der Waals surface area contributed by atoms with Gasteiger partial charge in [-0.05, 0) is 19.8 Å². The Morgan fingerprint density at radius 2 is 1.75 bits per heavy atom. The average Bonchev–Trinajstić information content (AvgIpc) is 2.10. The fourth-order valence-corrected chi connectivity index (χ4v) is 2.53. The second-order valence-corrected chi connectivity index (χ2v) is 5.62. The third-order valence-electron chi connectivity index (χ3n) is 1.77. The van der Waals surface area contributed by atoms with E-state index in [0.717, 1.165) is 0 Å². The van der Waals surface area contributed by atoms with Crippen LogP contribution in [0.3, 0.4) is 0 Å². The first-order chi connectivity index (χ1) is 7.19. The van der Waals surface area contributed by atoms with E-state index in [4.69, 9.17) is 10.9 Å². The SMILES string of the molecule is CC(C)NS(=O)(=O)NC(C(N)=NO)C(C)C. The molecule has 0 aromatic rings. The van der Waals surface area contributed by atoms with Gasteiger partial charge < -0.3 is 10.9 Å². The minimum Gasteiger partial charge on any atom is -0.409 e. The van der Waals surface area contributed by atoms with Crippen LogP contribution >= 0.6 is 0 Å². The van der Waals surface area contributed by atoms with Gasteiger partial charge in [0, 0.05) is 6.04 Å². The maximum atomic E-state index is 11.6. The summed E-state index contributed by atoms with van der Waals surface area (Å²) in [7, 11) is -3.65. The molecule has 0 rings (SSSR count). The van der Waals surface area contributed by atoms with Gasteiger partial charge in [-0.15, -0.1) is 0 Å². The van der Waals surface area contributed by atoms with Gasteiger partial charge in [0.1, 0.15) is 0 Å². The first-order valence-electron chi connectivity index (χ1n) is 4.96. The molecule has 0 aliphatic rings. The van der Waals surface area contributed by atoms with Crippen LogP contribution < -0.4 is 15.2 Å². The molecule has 0 aliphatic heterocycles. The zero-order chi connectivity index (χ0) is 12.9. The van der Waals surface area contributed by atoms with Crippen molar-refractivity contribution >= 4 is 16.0 Å². The summed E-state index contributed by atoms with van der Waals surface area (Å²) < 4.78 is 27.8. The lowest BCUT2D eigenvalue weighted by Crippen LogP contribution is -2.52. The normalized spacial score (nSPS) is 15.8. The molecule has 0 bridgehead atoms. The van der Waals surface area contributed by atoms with Gasteiger partial charge >= 0.3 is 0 Å². The highest BCUT2D eigenvalue weighted by Crippen LogP contribution is 2.03. The molecular formula is C8H20N4O3S. The van der Waals surface area contributed by atoms with E-state index in [1.807, 2.05) is 0 Å². The molecule has 0 heterocycles. The third kappa shape index (κ3) is 5.29. The van der Waals surface area contributed by atoms with Crippen LogP contribution in [0, 0.1) is 5.92 Å². The van der Waals surface area contributed by atoms with Crippen LogP contribution in [-0.4, -0.2) is 31.5 Å². The second-order valence-electron chi connectivity index (χ2n) is 4.14. The molecular weight excluding hydrogens is 232 g/mol. The number of rotatable bonds is 6. The lowest BCUT2D eigenvalue weighted by molar-refractivity contribution is 0.313. The maximum absolute atomic E-state index is 11.6. The number of nitrogens with two attached hydrogens (primary N) is 1. The van der Waals surface area contributed by atoms with Gasteiger partial charge in [0.25, 0.3) is 10.2 Å². The van der Waals surface area contributed by atoms with Crippen LogP contribution in [0.1, 0.15) is 27.7 Å². The predicted molar refractivity (Wildman–Crippen MR) is 62.4 cm³/mol. The van der Waals surface area contributed by atoms with Gasteiger partial charge in [-0.25, -0.2) is 0 Å². The van der Waals surface area contributed by atoms with Crippen molar-refractivity contribution in [1.82, 2.24) is 9.44 Å². The van der Waals surface area contributed by atoms with E-state index in [1.165, 1.54) is 0 Å². The molecule has 0 amide bonds. The Hall–Kier alpha value is -0.860. The first-order valence-corrected chi connectivity index (χ1v) is 6.45. The lowest BCUT2D eigenvalue weighted by atomic mass is 10.1. The van der Waals surface area contributed by atoms with Crippen molar-refractivity contribution in [3.63, 3.8) is 0 Å². The summed E-state index contributed by atoms with van der Waals surface area (Å²) in [6.07, 6.45) is 0. The Morgan fingerprint density at radius 1 is 1.25 bits per heavy atom. The zero-order valence-electron chi connectivity index (χ0n) is 9.93. The monoisotopic (exact) mass is 252 g/mol. The van der Waals surface area contributed by atoms with E-state index < -0.39 is 16.3 Å².